The van der Waals surface area contributed by atoms with Gasteiger partial charge in [-0.05, 0) is 30.7 Å². The van der Waals surface area contributed by atoms with E-state index < -0.39 is 9.84 Å². The first kappa shape index (κ1) is 12.7. The molecule has 0 saturated carbocycles. The lowest BCUT2D eigenvalue weighted by Gasteiger charge is -2.09. The molecule has 0 aliphatic carbocycles. The Morgan fingerprint density at radius 3 is 2.50 bits per heavy atom. The maximum atomic E-state index is 12.0. The first-order valence-corrected chi connectivity index (χ1v) is 7.83. The molecular formula is C13H12N4O2S. The minimum atomic E-state index is -3.49. The quantitative estimate of drug-likeness (QED) is 0.714. The van der Waals surface area contributed by atoms with Crippen molar-refractivity contribution in [1.82, 2.24) is 19.5 Å². The summed E-state index contributed by atoms with van der Waals surface area (Å²) in [5.74, 6) is 0.545. The fraction of sp³-hybridized carbons (Fsp3) is 0.154. The summed E-state index contributed by atoms with van der Waals surface area (Å²) in [6, 6.07) is 7.19. The molecule has 0 aliphatic rings. The van der Waals surface area contributed by atoms with Crippen molar-refractivity contribution in [3.05, 3.63) is 42.2 Å². The lowest BCUT2D eigenvalue weighted by molar-refractivity contribution is 0.590. The maximum absolute atomic E-state index is 12.0. The van der Waals surface area contributed by atoms with E-state index in [1.165, 1.54) is 4.57 Å². The van der Waals surface area contributed by atoms with Gasteiger partial charge >= 0.3 is 0 Å². The molecule has 0 radical (unpaired) electrons. The SMILES string of the molecule is Cc1cccnc1-n1c(S(C)(=O)=O)nc2ncccc21. The predicted octanol–water partition coefficient (Wildman–Crippen LogP) is 1.53. The summed E-state index contributed by atoms with van der Waals surface area (Å²) in [4.78, 5) is 12.5. The number of nitrogens with zero attached hydrogens (tertiary/aromatic N) is 4. The van der Waals surface area contributed by atoms with Gasteiger partial charge in [0.2, 0.25) is 15.0 Å². The minimum Gasteiger partial charge on any atom is -0.265 e. The molecule has 0 spiro atoms. The molecule has 6 nitrogen and oxygen atoms in total. The van der Waals surface area contributed by atoms with Gasteiger partial charge in [-0.15, -0.1) is 0 Å². The molecule has 0 fully saturated rings. The van der Waals surface area contributed by atoms with E-state index in [1.807, 2.05) is 13.0 Å². The number of fused-ring (bicyclic) bond motifs is 1. The lowest BCUT2D eigenvalue weighted by Crippen LogP contribution is -2.10. The highest BCUT2D eigenvalue weighted by Gasteiger charge is 2.22. The van der Waals surface area contributed by atoms with Crippen LogP contribution in [-0.2, 0) is 9.84 Å². The van der Waals surface area contributed by atoms with Crippen LogP contribution >= 0.6 is 0 Å². The third kappa shape index (κ3) is 1.96. The van der Waals surface area contributed by atoms with E-state index in [9.17, 15) is 8.42 Å². The largest absolute Gasteiger partial charge is 0.265 e. The van der Waals surface area contributed by atoms with Crippen molar-refractivity contribution in [1.29, 1.82) is 0 Å². The van der Waals surface area contributed by atoms with E-state index in [1.54, 1.807) is 30.6 Å². The molecule has 0 amide bonds. The summed E-state index contributed by atoms with van der Waals surface area (Å²) in [5, 5.41) is -0.0481. The van der Waals surface area contributed by atoms with Crippen LogP contribution in [0.1, 0.15) is 5.56 Å². The monoisotopic (exact) mass is 288 g/mol. The first-order valence-electron chi connectivity index (χ1n) is 5.94. The van der Waals surface area contributed by atoms with Crippen LogP contribution in [0.2, 0.25) is 0 Å². The van der Waals surface area contributed by atoms with E-state index in [0.717, 1.165) is 11.8 Å². The molecule has 3 rings (SSSR count). The summed E-state index contributed by atoms with van der Waals surface area (Å²) in [6.07, 6.45) is 4.33. The Morgan fingerprint density at radius 1 is 1.10 bits per heavy atom. The maximum Gasteiger partial charge on any atom is 0.235 e. The van der Waals surface area contributed by atoms with Crippen LogP contribution in [0.25, 0.3) is 17.0 Å². The molecule has 7 heteroatoms. The highest BCUT2D eigenvalue weighted by Crippen LogP contribution is 2.23. The Labute approximate surface area is 116 Å². The molecule has 102 valence electrons. The summed E-state index contributed by atoms with van der Waals surface area (Å²) >= 11 is 0. The molecule has 0 unspecified atom stereocenters. The molecule has 3 heterocycles. The highest BCUT2D eigenvalue weighted by molar-refractivity contribution is 7.90. The van der Waals surface area contributed by atoms with E-state index >= 15 is 0 Å². The molecule has 20 heavy (non-hydrogen) atoms. The van der Waals surface area contributed by atoms with Gasteiger partial charge in [0.1, 0.15) is 5.82 Å². The van der Waals surface area contributed by atoms with Gasteiger partial charge in [-0.25, -0.2) is 18.4 Å². The summed E-state index contributed by atoms with van der Waals surface area (Å²) in [6.45, 7) is 1.87. The van der Waals surface area contributed by atoms with Gasteiger partial charge in [-0.1, -0.05) is 6.07 Å². The van der Waals surface area contributed by atoms with Crippen molar-refractivity contribution >= 4 is 21.0 Å². The summed E-state index contributed by atoms with van der Waals surface area (Å²) < 4.78 is 25.5. The number of aromatic nitrogens is 4. The van der Waals surface area contributed by atoms with Crippen molar-refractivity contribution in [2.75, 3.05) is 6.26 Å². The first-order chi connectivity index (χ1) is 9.48. The second-order valence-electron chi connectivity index (χ2n) is 4.49. The molecular weight excluding hydrogens is 276 g/mol. The number of rotatable bonds is 2. The smallest absolute Gasteiger partial charge is 0.235 e. The van der Waals surface area contributed by atoms with Crippen molar-refractivity contribution in [3.8, 4) is 5.82 Å². The number of sulfone groups is 1. The van der Waals surface area contributed by atoms with Gasteiger partial charge in [-0.2, -0.15) is 4.98 Å². The molecule has 0 bridgehead atoms. The van der Waals surface area contributed by atoms with Crippen LogP contribution in [0.4, 0.5) is 0 Å². The van der Waals surface area contributed by atoms with Gasteiger partial charge in [-0.3, -0.25) is 4.57 Å². The second-order valence-corrected chi connectivity index (χ2v) is 6.40. The van der Waals surface area contributed by atoms with Crippen LogP contribution in [0.3, 0.4) is 0 Å². The number of imidazole rings is 1. The van der Waals surface area contributed by atoms with Gasteiger partial charge in [0, 0.05) is 18.6 Å². The fourth-order valence-electron chi connectivity index (χ4n) is 2.06. The Bertz CT molecular complexity index is 900. The molecule has 3 aromatic heterocycles. The topological polar surface area (TPSA) is 77.7 Å². The standard InChI is InChI=1S/C13H12N4O2S/c1-9-5-3-8-15-12(9)17-10-6-4-7-14-11(10)16-13(17)20(2,18)19/h3-8H,1-2H3. The van der Waals surface area contributed by atoms with Crippen LogP contribution in [0, 0.1) is 6.92 Å². The molecule has 0 saturated heterocycles. The van der Waals surface area contributed by atoms with Gasteiger partial charge in [0.05, 0.1) is 5.52 Å². The van der Waals surface area contributed by atoms with Gasteiger partial charge in [0.25, 0.3) is 0 Å². The van der Waals surface area contributed by atoms with Gasteiger partial charge < -0.3 is 0 Å². The number of hydrogen-bond donors (Lipinski definition) is 0. The average Bonchev–Trinajstić information content (AvgIpc) is 2.79. The zero-order chi connectivity index (χ0) is 14.3. The molecule has 3 aromatic rings. The van der Waals surface area contributed by atoms with Crippen LogP contribution in [0.15, 0.2) is 41.8 Å². The van der Waals surface area contributed by atoms with Crippen LogP contribution in [0.5, 0.6) is 0 Å². The van der Waals surface area contributed by atoms with E-state index in [0.29, 0.717) is 17.0 Å². The van der Waals surface area contributed by atoms with E-state index in [2.05, 4.69) is 15.0 Å². The average molecular weight is 288 g/mol. The van der Waals surface area contributed by atoms with Crippen LogP contribution < -0.4 is 0 Å². The number of hydrogen-bond acceptors (Lipinski definition) is 5. The molecule has 0 N–H and O–H groups in total. The third-order valence-corrected chi connectivity index (χ3v) is 3.86. The Kier molecular flexibility index (Phi) is 2.79. The zero-order valence-electron chi connectivity index (χ0n) is 11.0. The number of pyridine rings is 2. The predicted molar refractivity (Wildman–Crippen MR) is 74.5 cm³/mol. The van der Waals surface area contributed by atoms with Gasteiger partial charge in [0.15, 0.2) is 5.65 Å². The Balaban J connectivity index is 2.48. The van der Waals surface area contributed by atoms with Crippen LogP contribution in [-0.4, -0.2) is 34.2 Å². The van der Waals surface area contributed by atoms with Crippen molar-refractivity contribution in [3.63, 3.8) is 0 Å². The second kappa shape index (κ2) is 4.38. The number of aryl methyl sites for hydroxylation is 1. The highest BCUT2D eigenvalue weighted by atomic mass is 32.2. The van der Waals surface area contributed by atoms with Crippen molar-refractivity contribution in [2.45, 2.75) is 12.1 Å². The fourth-order valence-corrected chi connectivity index (χ4v) is 2.83. The van der Waals surface area contributed by atoms with E-state index in [-0.39, 0.29) is 5.16 Å². The van der Waals surface area contributed by atoms with Crippen molar-refractivity contribution in [2.24, 2.45) is 0 Å². The Hall–Kier alpha value is -2.28. The zero-order valence-corrected chi connectivity index (χ0v) is 11.8. The Morgan fingerprint density at radius 2 is 1.80 bits per heavy atom. The summed E-state index contributed by atoms with van der Waals surface area (Å²) in [5.41, 5.74) is 1.87. The lowest BCUT2D eigenvalue weighted by atomic mass is 10.3. The molecule has 0 aliphatic heterocycles. The molecule has 0 aromatic carbocycles. The third-order valence-electron chi connectivity index (χ3n) is 2.93. The van der Waals surface area contributed by atoms with E-state index in [4.69, 9.17) is 0 Å². The normalized spacial score (nSPS) is 11.9. The summed E-state index contributed by atoms with van der Waals surface area (Å²) in [7, 11) is -3.49. The minimum absolute atomic E-state index is 0.0481. The van der Waals surface area contributed by atoms with Crippen molar-refractivity contribution < 1.29 is 8.42 Å². The molecule has 0 atom stereocenters.